The van der Waals surface area contributed by atoms with Crippen LogP contribution in [0.25, 0.3) is 5.69 Å². The van der Waals surface area contributed by atoms with Gasteiger partial charge in [0.25, 0.3) is 0 Å². The Morgan fingerprint density at radius 2 is 1.90 bits per heavy atom. The molecule has 0 bridgehead atoms. The van der Waals surface area contributed by atoms with Crippen LogP contribution in [0.1, 0.15) is 34.1 Å². The van der Waals surface area contributed by atoms with Crippen molar-refractivity contribution < 1.29 is 14.2 Å². The van der Waals surface area contributed by atoms with Crippen molar-refractivity contribution in [2.24, 2.45) is 0 Å². The molecule has 0 aliphatic carbocycles. The number of tetrazole rings is 1. The summed E-state index contributed by atoms with van der Waals surface area (Å²) < 4.78 is 19.0. The lowest BCUT2D eigenvalue weighted by Gasteiger charge is -2.34. The molecular weight excluding hydrogens is 370 g/mol. The average Bonchev–Trinajstić information content (AvgIpc) is 3.34. The first-order valence-electron chi connectivity index (χ1n) is 9.63. The van der Waals surface area contributed by atoms with Crippen LogP contribution in [0.3, 0.4) is 0 Å². The molecule has 0 N–H and O–H groups in total. The zero-order chi connectivity index (χ0) is 20.1. The maximum atomic E-state index is 5.81. The number of aromatic nitrogens is 4. The predicted molar refractivity (Wildman–Crippen MR) is 106 cm³/mol. The van der Waals surface area contributed by atoms with Crippen LogP contribution >= 0.6 is 0 Å². The summed E-state index contributed by atoms with van der Waals surface area (Å²) in [5, 5.41) is 12.7. The first-order valence-corrected chi connectivity index (χ1v) is 9.63. The van der Waals surface area contributed by atoms with Crippen molar-refractivity contribution in [3.05, 3.63) is 52.3 Å². The minimum atomic E-state index is -0.168. The molecule has 2 aromatic carbocycles. The molecule has 0 unspecified atom stereocenters. The molecule has 8 nitrogen and oxygen atoms in total. The second kappa shape index (κ2) is 6.73. The molecule has 2 aliphatic heterocycles. The highest BCUT2D eigenvalue weighted by Gasteiger charge is 2.37. The molecule has 0 saturated heterocycles. The zero-order valence-electron chi connectivity index (χ0n) is 17.0. The fourth-order valence-corrected chi connectivity index (χ4v) is 4.38. The number of rotatable bonds is 3. The van der Waals surface area contributed by atoms with Crippen LogP contribution < -0.4 is 14.2 Å². The van der Waals surface area contributed by atoms with E-state index in [1.165, 1.54) is 16.7 Å². The summed E-state index contributed by atoms with van der Waals surface area (Å²) in [6, 6.07) is 8.21. The lowest BCUT2D eigenvalue weighted by atomic mass is 9.90. The van der Waals surface area contributed by atoms with E-state index in [2.05, 4.69) is 65.6 Å². The van der Waals surface area contributed by atoms with Gasteiger partial charge in [-0.2, -0.15) is 4.68 Å². The molecule has 8 heteroatoms. The minimum Gasteiger partial charge on any atom is -0.492 e. The van der Waals surface area contributed by atoms with Crippen molar-refractivity contribution in [1.29, 1.82) is 0 Å². The maximum absolute atomic E-state index is 5.81. The van der Waals surface area contributed by atoms with E-state index in [0.29, 0.717) is 11.5 Å². The quantitative estimate of drug-likeness (QED) is 0.677. The van der Waals surface area contributed by atoms with Crippen molar-refractivity contribution in [2.75, 3.05) is 27.5 Å². The van der Waals surface area contributed by atoms with Gasteiger partial charge in [0.1, 0.15) is 6.04 Å². The maximum Gasteiger partial charge on any atom is 0.231 e. The van der Waals surface area contributed by atoms with E-state index in [1.807, 2.05) is 4.68 Å². The van der Waals surface area contributed by atoms with E-state index < -0.39 is 0 Å². The molecule has 0 amide bonds. The molecule has 5 rings (SSSR count). The normalized spacial score (nSPS) is 18.0. The highest BCUT2D eigenvalue weighted by atomic mass is 16.7. The first-order chi connectivity index (χ1) is 14.1. The molecule has 150 valence electrons. The van der Waals surface area contributed by atoms with Gasteiger partial charge in [0, 0.05) is 12.1 Å². The lowest BCUT2D eigenvalue weighted by molar-refractivity contribution is 0.170. The second-order valence-electron chi connectivity index (χ2n) is 7.64. The fraction of sp³-hybridized carbons (Fsp3) is 0.381. The molecule has 0 saturated carbocycles. The first kappa shape index (κ1) is 17.9. The van der Waals surface area contributed by atoms with Gasteiger partial charge in [-0.1, -0.05) is 6.07 Å². The number of likely N-dealkylation sites (N-methyl/N-ethyl adjacent to an activating group) is 1. The number of fused-ring (bicyclic) bond motifs is 2. The molecule has 1 atom stereocenters. The van der Waals surface area contributed by atoms with Crippen LogP contribution in [-0.4, -0.2) is 52.6 Å². The standard InChI is InChI=1S/C21H23N5O3/c1-12-7-13(2)9-15(8-12)26-21(22-23-24-26)18-17-14(5-6-25(18)3)10-16-19(20(17)27-4)29-11-28-16/h7-10,18H,5-6,11H2,1-4H3/t18-/m0/s1. The molecule has 0 spiro atoms. The van der Waals surface area contributed by atoms with Crippen molar-refractivity contribution >= 4 is 0 Å². The number of benzene rings is 2. The van der Waals surface area contributed by atoms with Crippen molar-refractivity contribution in [2.45, 2.75) is 26.3 Å². The number of ether oxygens (including phenoxy) is 3. The number of hydrogen-bond acceptors (Lipinski definition) is 7. The molecule has 0 fully saturated rings. The van der Waals surface area contributed by atoms with Gasteiger partial charge >= 0.3 is 0 Å². The van der Waals surface area contributed by atoms with Gasteiger partial charge < -0.3 is 14.2 Å². The summed E-state index contributed by atoms with van der Waals surface area (Å²) in [6.07, 6.45) is 0.889. The van der Waals surface area contributed by atoms with E-state index in [9.17, 15) is 0 Å². The van der Waals surface area contributed by atoms with Crippen LogP contribution in [0.15, 0.2) is 24.3 Å². The van der Waals surface area contributed by atoms with E-state index in [0.717, 1.165) is 35.8 Å². The summed E-state index contributed by atoms with van der Waals surface area (Å²) >= 11 is 0. The zero-order valence-corrected chi connectivity index (χ0v) is 17.0. The Bertz CT molecular complexity index is 1070. The summed E-state index contributed by atoms with van der Waals surface area (Å²) in [4.78, 5) is 2.25. The van der Waals surface area contributed by atoms with Gasteiger partial charge in [-0.05, 0) is 72.6 Å². The number of aryl methyl sites for hydroxylation is 2. The number of hydrogen-bond donors (Lipinski definition) is 0. The molecule has 3 heterocycles. The Balaban J connectivity index is 1.71. The smallest absolute Gasteiger partial charge is 0.231 e. The van der Waals surface area contributed by atoms with Crippen LogP contribution in [0.5, 0.6) is 17.2 Å². The Morgan fingerprint density at radius 3 is 2.66 bits per heavy atom. The topological polar surface area (TPSA) is 74.5 Å². The number of methoxy groups -OCH3 is 1. The van der Waals surface area contributed by atoms with Gasteiger partial charge in [0.05, 0.1) is 12.8 Å². The van der Waals surface area contributed by atoms with Gasteiger partial charge in [0.2, 0.25) is 12.5 Å². The van der Waals surface area contributed by atoms with Gasteiger partial charge in [-0.3, -0.25) is 4.90 Å². The molecule has 1 aromatic heterocycles. The Kier molecular flexibility index (Phi) is 4.16. The van der Waals surface area contributed by atoms with Crippen LogP contribution in [0, 0.1) is 13.8 Å². The summed E-state index contributed by atoms with van der Waals surface area (Å²) in [5.41, 5.74) is 5.48. The largest absolute Gasteiger partial charge is 0.492 e. The van der Waals surface area contributed by atoms with Gasteiger partial charge in [0.15, 0.2) is 17.3 Å². The Morgan fingerprint density at radius 1 is 1.10 bits per heavy atom. The Labute approximate surface area is 169 Å². The molecular formula is C21H23N5O3. The van der Waals surface area contributed by atoms with E-state index in [1.54, 1.807) is 7.11 Å². The molecule has 3 aromatic rings. The third-order valence-electron chi connectivity index (χ3n) is 5.59. The SMILES string of the molecule is COc1c2c(cc3c1[C@@H](c1nnnn1-c1cc(C)cc(C)c1)N(C)CC3)OCO2. The predicted octanol–water partition coefficient (Wildman–Crippen LogP) is 2.59. The number of nitrogens with zero attached hydrogens (tertiary/aromatic N) is 5. The van der Waals surface area contributed by atoms with Crippen LogP contribution in [-0.2, 0) is 6.42 Å². The summed E-state index contributed by atoms with van der Waals surface area (Å²) in [5.74, 6) is 2.83. The van der Waals surface area contributed by atoms with Gasteiger partial charge in [-0.25, -0.2) is 0 Å². The third kappa shape index (κ3) is 2.82. The van der Waals surface area contributed by atoms with Crippen molar-refractivity contribution in [1.82, 2.24) is 25.1 Å². The van der Waals surface area contributed by atoms with Crippen molar-refractivity contribution in [3.63, 3.8) is 0 Å². The highest BCUT2D eigenvalue weighted by molar-refractivity contribution is 5.62. The molecule has 2 aliphatic rings. The van der Waals surface area contributed by atoms with E-state index in [-0.39, 0.29) is 12.8 Å². The van der Waals surface area contributed by atoms with E-state index in [4.69, 9.17) is 14.2 Å². The fourth-order valence-electron chi connectivity index (χ4n) is 4.38. The van der Waals surface area contributed by atoms with E-state index >= 15 is 0 Å². The monoisotopic (exact) mass is 393 g/mol. The molecule has 0 radical (unpaired) electrons. The van der Waals surface area contributed by atoms with Crippen LogP contribution in [0.2, 0.25) is 0 Å². The average molecular weight is 393 g/mol. The second-order valence-corrected chi connectivity index (χ2v) is 7.64. The minimum absolute atomic E-state index is 0.168. The van der Waals surface area contributed by atoms with Crippen molar-refractivity contribution in [3.8, 4) is 22.9 Å². The highest BCUT2D eigenvalue weighted by Crippen LogP contribution is 2.50. The Hall–Kier alpha value is -3.13. The van der Waals surface area contributed by atoms with Gasteiger partial charge in [-0.15, -0.1) is 5.10 Å². The summed E-state index contributed by atoms with van der Waals surface area (Å²) in [6.45, 7) is 5.23. The summed E-state index contributed by atoms with van der Waals surface area (Å²) in [7, 11) is 3.74. The lowest BCUT2D eigenvalue weighted by Crippen LogP contribution is -2.35. The molecule has 29 heavy (non-hydrogen) atoms. The third-order valence-corrected chi connectivity index (χ3v) is 5.59. The van der Waals surface area contributed by atoms with Crippen LogP contribution in [0.4, 0.5) is 0 Å².